The molecule has 0 spiro atoms. The zero-order valence-corrected chi connectivity index (χ0v) is 21.5. The number of ether oxygens (including phenoxy) is 1. The summed E-state index contributed by atoms with van der Waals surface area (Å²) in [4.78, 5) is 29.5. The quantitative estimate of drug-likeness (QED) is 0.236. The summed E-state index contributed by atoms with van der Waals surface area (Å²) in [5.74, 6) is 0.477. The topological polar surface area (TPSA) is 82.4 Å². The summed E-state index contributed by atoms with van der Waals surface area (Å²) in [6.45, 7) is 9.81. The Morgan fingerprint density at radius 2 is 1.79 bits per heavy atom. The molecule has 12 heteroatoms. The standard InChI is InChI=1S/C22H28F3N3O4SSi/c1-21(2,3)34(4,5)32-10-11-33-20-27-18-16(12-17(29)26-18)19(30)28(20)14-6-8-15(9-7-14)31-13-22(23,24)25/h6-9H,10-13H2,1-5H3,(H,26,29). The van der Waals surface area contributed by atoms with Crippen molar-refractivity contribution in [3.8, 4) is 11.4 Å². The molecule has 1 aliphatic rings. The van der Waals surface area contributed by atoms with E-state index in [4.69, 9.17) is 9.16 Å². The molecule has 0 atom stereocenters. The monoisotopic (exact) mass is 515 g/mol. The highest BCUT2D eigenvalue weighted by Crippen LogP contribution is 2.36. The molecule has 2 aromatic rings. The summed E-state index contributed by atoms with van der Waals surface area (Å²) in [6.07, 6.45) is -4.53. The minimum Gasteiger partial charge on any atom is -0.484 e. The van der Waals surface area contributed by atoms with E-state index in [1.165, 1.54) is 40.6 Å². The number of thioether (sulfide) groups is 1. The predicted octanol–water partition coefficient (Wildman–Crippen LogP) is 4.78. The number of aromatic nitrogens is 2. The number of amides is 1. The van der Waals surface area contributed by atoms with Gasteiger partial charge in [-0.05, 0) is 42.4 Å². The third-order valence-corrected chi connectivity index (χ3v) is 11.3. The van der Waals surface area contributed by atoms with Gasteiger partial charge in [0.05, 0.1) is 17.7 Å². The SMILES string of the molecule is CC(C)(C)[Si](C)(C)OCCSc1nc2c(c(=O)n1-c1ccc(OCC(F)(F)F)cc1)CC(=O)N2. The maximum atomic E-state index is 13.2. The van der Waals surface area contributed by atoms with Crippen molar-refractivity contribution < 1.29 is 27.1 Å². The predicted molar refractivity (Wildman–Crippen MR) is 128 cm³/mol. The van der Waals surface area contributed by atoms with Gasteiger partial charge in [-0.1, -0.05) is 32.5 Å². The van der Waals surface area contributed by atoms with E-state index in [2.05, 4.69) is 44.2 Å². The molecule has 0 unspecified atom stereocenters. The molecule has 0 saturated heterocycles. The van der Waals surface area contributed by atoms with Crippen molar-refractivity contribution in [2.75, 3.05) is 24.3 Å². The normalized spacial score (nSPS) is 14.2. The third kappa shape index (κ3) is 6.22. The van der Waals surface area contributed by atoms with Crippen molar-refractivity contribution in [1.82, 2.24) is 9.55 Å². The number of nitrogens with zero attached hydrogens (tertiary/aromatic N) is 2. The zero-order valence-electron chi connectivity index (χ0n) is 19.7. The zero-order chi connectivity index (χ0) is 25.3. The van der Waals surface area contributed by atoms with Gasteiger partial charge in [0.2, 0.25) is 5.91 Å². The molecule has 7 nitrogen and oxygen atoms in total. The smallest absolute Gasteiger partial charge is 0.422 e. The fraction of sp³-hybridized carbons (Fsp3) is 0.500. The first-order valence-electron chi connectivity index (χ1n) is 10.7. The van der Waals surface area contributed by atoms with Crippen molar-refractivity contribution in [3.63, 3.8) is 0 Å². The van der Waals surface area contributed by atoms with Gasteiger partial charge in [0.25, 0.3) is 5.56 Å². The number of halogens is 3. The Hall–Kier alpha value is -2.31. The molecule has 2 heterocycles. The lowest BCUT2D eigenvalue weighted by molar-refractivity contribution is -0.153. The van der Waals surface area contributed by atoms with Crippen LogP contribution in [-0.2, 0) is 15.6 Å². The van der Waals surface area contributed by atoms with Gasteiger partial charge in [0.15, 0.2) is 20.1 Å². The molecule has 1 N–H and O–H groups in total. The molecule has 3 rings (SSSR count). The van der Waals surface area contributed by atoms with Gasteiger partial charge in [0, 0.05) is 12.4 Å². The summed E-state index contributed by atoms with van der Waals surface area (Å²) >= 11 is 1.31. The van der Waals surface area contributed by atoms with Crippen molar-refractivity contribution in [2.45, 2.75) is 56.7 Å². The number of carbonyl (C=O) groups excluding carboxylic acids is 1. The van der Waals surface area contributed by atoms with E-state index < -0.39 is 26.7 Å². The highest BCUT2D eigenvalue weighted by Gasteiger charge is 2.37. The third-order valence-electron chi connectivity index (χ3n) is 5.82. The average Bonchev–Trinajstić information content (AvgIpc) is 3.09. The molecular weight excluding hydrogens is 487 g/mol. The number of alkyl halides is 3. The molecule has 1 amide bonds. The molecule has 186 valence electrons. The number of rotatable bonds is 8. The van der Waals surface area contributed by atoms with Crippen molar-refractivity contribution in [1.29, 1.82) is 0 Å². The highest BCUT2D eigenvalue weighted by molar-refractivity contribution is 7.99. The van der Waals surface area contributed by atoms with Crippen LogP contribution in [-0.4, -0.2) is 48.9 Å². The van der Waals surface area contributed by atoms with Gasteiger partial charge in [0.1, 0.15) is 11.6 Å². The molecule has 34 heavy (non-hydrogen) atoms. The number of anilines is 1. The molecule has 1 aromatic heterocycles. The van der Waals surface area contributed by atoms with Gasteiger partial charge in [-0.2, -0.15) is 13.2 Å². The Morgan fingerprint density at radius 3 is 2.38 bits per heavy atom. The van der Waals surface area contributed by atoms with Crippen molar-refractivity contribution in [2.24, 2.45) is 0 Å². The van der Waals surface area contributed by atoms with E-state index in [1.807, 2.05) is 0 Å². The largest absolute Gasteiger partial charge is 0.484 e. The fourth-order valence-electron chi connectivity index (χ4n) is 2.96. The minimum absolute atomic E-state index is 0.0251. The first-order valence-corrected chi connectivity index (χ1v) is 14.6. The van der Waals surface area contributed by atoms with Gasteiger partial charge in [-0.25, -0.2) is 4.98 Å². The van der Waals surface area contributed by atoms with Crippen molar-refractivity contribution >= 4 is 31.8 Å². The molecular formula is C22H28F3N3O4SSi. The summed E-state index contributed by atoms with van der Waals surface area (Å²) in [5, 5.41) is 3.02. The Labute approximate surface area is 201 Å². The van der Waals surface area contributed by atoms with Crippen LogP contribution in [0.15, 0.2) is 34.2 Å². The maximum Gasteiger partial charge on any atom is 0.422 e. The molecule has 0 aliphatic carbocycles. The lowest BCUT2D eigenvalue weighted by atomic mass is 10.2. The van der Waals surface area contributed by atoms with E-state index in [1.54, 1.807) is 0 Å². The lowest BCUT2D eigenvalue weighted by Crippen LogP contribution is -2.41. The fourth-order valence-corrected chi connectivity index (χ4v) is 4.98. The van der Waals surface area contributed by atoms with Crippen molar-refractivity contribution in [3.05, 3.63) is 40.2 Å². The summed E-state index contributed by atoms with van der Waals surface area (Å²) < 4.78 is 49.6. The van der Waals surface area contributed by atoms with E-state index >= 15 is 0 Å². The van der Waals surface area contributed by atoms with Crippen LogP contribution >= 0.6 is 11.8 Å². The Bertz CT molecular complexity index is 1110. The van der Waals surface area contributed by atoms with E-state index in [-0.39, 0.29) is 34.5 Å². The second kappa shape index (κ2) is 9.74. The molecule has 0 fully saturated rings. The van der Waals surface area contributed by atoms with E-state index in [0.717, 1.165) is 0 Å². The molecule has 1 aromatic carbocycles. The number of nitrogens with one attached hydrogen (secondary N) is 1. The van der Waals surface area contributed by atoms with Crippen LogP contribution in [0.5, 0.6) is 5.75 Å². The second-order valence-electron chi connectivity index (χ2n) is 9.44. The van der Waals surface area contributed by atoms with E-state index in [0.29, 0.717) is 23.2 Å². The second-order valence-corrected chi connectivity index (χ2v) is 15.3. The Morgan fingerprint density at radius 1 is 1.15 bits per heavy atom. The van der Waals surface area contributed by atoms with Crippen LogP contribution in [0.4, 0.5) is 19.0 Å². The van der Waals surface area contributed by atoms with Crippen LogP contribution in [0.2, 0.25) is 18.1 Å². The maximum absolute atomic E-state index is 13.2. The number of hydrogen-bond donors (Lipinski definition) is 1. The number of carbonyl (C=O) groups is 1. The summed E-state index contributed by atoms with van der Waals surface area (Å²) in [7, 11) is -1.94. The summed E-state index contributed by atoms with van der Waals surface area (Å²) in [5.41, 5.74) is 0.260. The first kappa shape index (κ1) is 26.3. The number of benzene rings is 1. The minimum atomic E-state index is -4.45. The average molecular weight is 516 g/mol. The van der Waals surface area contributed by atoms with Crippen LogP contribution in [0.25, 0.3) is 5.69 Å². The van der Waals surface area contributed by atoms with Gasteiger partial charge >= 0.3 is 6.18 Å². The Balaban J connectivity index is 1.84. The lowest BCUT2D eigenvalue weighted by Gasteiger charge is -2.36. The van der Waals surface area contributed by atoms with Gasteiger partial charge < -0.3 is 14.5 Å². The molecule has 0 saturated carbocycles. The molecule has 1 aliphatic heterocycles. The van der Waals surface area contributed by atoms with Crippen LogP contribution in [0, 0.1) is 0 Å². The number of fused-ring (bicyclic) bond motifs is 1. The van der Waals surface area contributed by atoms with Gasteiger partial charge in [-0.15, -0.1) is 0 Å². The highest BCUT2D eigenvalue weighted by atomic mass is 32.2. The molecule has 0 bridgehead atoms. The first-order chi connectivity index (χ1) is 15.7. The van der Waals surface area contributed by atoms with Crippen LogP contribution < -0.4 is 15.6 Å². The number of hydrogen-bond acceptors (Lipinski definition) is 6. The molecule has 0 radical (unpaired) electrons. The Kier molecular flexibility index (Phi) is 7.53. The van der Waals surface area contributed by atoms with Crippen LogP contribution in [0.1, 0.15) is 26.3 Å². The van der Waals surface area contributed by atoms with E-state index in [9.17, 15) is 22.8 Å². The summed E-state index contributed by atoms with van der Waals surface area (Å²) in [6, 6.07) is 5.70. The van der Waals surface area contributed by atoms with Gasteiger partial charge in [-0.3, -0.25) is 14.2 Å². The van der Waals surface area contributed by atoms with Crippen LogP contribution in [0.3, 0.4) is 0 Å².